The van der Waals surface area contributed by atoms with Crippen LogP contribution in [0.1, 0.15) is 16.8 Å². The van der Waals surface area contributed by atoms with Gasteiger partial charge in [0.15, 0.2) is 17.1 Å². The van der Waals surface area contributed by atoms with Crippen molar-refractivity contribution in [3.8, 4) is 22.8 Å². The van der Waals surface area contributed by atoms with E-state index in [1.807, 2.05) is 66.9 Å². The van der Waals surface area contributed by atoms with Crippen LogP contribution in [0.4, 0.5) is 5.82 Å². The maximum atomic E-state index is 6.19. The molecule has 2 heterocycles. The highest BCUT2D eigenvalue weighted by Crippen LogP contribution is 2.29. The van der Waals surface area contributed by atoms with Crippen LogP contribution in [-0.2, 0) is 6.42 Å². The average molecular weight is 437 g/mol. The van der Waals surface area contributed by atoms with E-state index in [0.29, 0.717) is 5.02 Å². The van der Waals surface area contributed by atoms with Gasteiger partial charge >= 0.3 is 0 Å². The standard InChI is InChI=1S/C24H25ClN4O2/c1-15-12-22(26-11-10-17-8-9-20(30-3)21(13-17)31-4)29-24(27-15)16(2)23(28-29)18-6-5-7-19(25)14-18/h5-9,12-14,26H,10-11H2,1-4H3. The maximum absolute atomic E-state index is 6.19. The number of halogens is 1. The van der Waals surface area contributed by atoms with Gasteiger partial charge in [-0.05, 0) is 50.1 Å². The number of nitrogens with zero attached hydrogens (tertiary/aromatic N) is 3. The quantitative estimate of drug-likeness (QED) is 0.423. The molecule has 160 valence electrons. The van der Waals surface area contributed by atoms with E-state index in [2.05, 4.69) is 5.32 Å². The lowest BCUT2D eigenvalue weighted by molar-refractivity contribution is 0.354. The summed E-state index contributed by atoms with van der Waals surface area (Å²) in [5.41, 5.74) is 5.80. The van der Waals surface area contributed by atoms with Gasteiger partial charge in [0.1, 0.15) is 5.82 Å². The van der Waals surface area contributed by atoms with Crippen molar-refractivity contribution in [2.75, 3.05) is 26.1 Å². The molecule has 0 aliphatic heterocycles. The van der Waals surface area contributed by atoms with E-state index in [1.54, 1.807) is 14.2 Å². The molecule has 0 radical (unpaired) electrons. The van der Waals surface area contributed by atoms with Gasteiger partial charge in [0.2, 0.25) is 0 Å². The number of benzene rings is 2. The highest BCUT2D eigenvalue weighted by Gasteiger charge is 2.15. The highest BCUT2D eigenvalue weighted by molar-refractivity contribution is 6.30. The van der Waals surface area contributed by atoms with E-state index in [9.17, 15) is 0 Å². The van der Waals surface area contributed by atoms with Gasteiger partial charge in [-0.1, -0.05) is 29.8 Å². The number of rotatable bonds is 7. The molecule has 7 heteroatoms. The fourth-order valence-corrected chi connectivity index (χ4v) is 3.84. The lowest BCUT2D eigenvalue weighted by Crippen LogP contribution is -2.10. The van der Waals surface area contributed by atoms with E-state index in [0.717, 1.165) is 64.0 Å². The summed E-state index contributed by atoms with van der Waals surface area (Å²) >= 11 is 6.19. The molecule has 0 atom stereocenters. The molecule has 4 aromatic rings. The molecular weight excluding hydrogens is 412 g/mol. The third kappa shape index (κ3) is 4.30. The second kappa shape index (κ2) is 8.86. The molecular formula is C24H25ClN4O2. The summed E-state index contributed by atoms with van der Waals surface area (Å²) in [6.45, 7) is 4.77. The number of aryl methyl sites for hydroxylation is 2. The van der Waals surface area contributed by atoms with Gasteiger partial charge in [0.05, 0.1) is 19.9 Å². The van der Waals surface area contributed by atoms with Crippen LogP contribution in [0, 0.1) is 13.8 Å². The first-order chi connectivity index (χ1) is 15.0. The van der Waals surface area contributed by atoms with Gasteiger partial charge in [0.25, 0.3) is 0 Å². The van der Waals surface area contributed by atoms with Crippen molar-refractivity contribution < 1.29 is 9.47 Å². The van der Waals surface area contributed by atoms with Crippen LogP contribution in [-0.4, -0.2) is 35.4 Å². The fraction of sp³-hybridized carbons (Fsp3) is 0.250. The van der Waals surface area contributed by atoms with Gasteiger partial charge in [-0.25, -0.2) is 4.98 Å². The molecule has 4 rings (SSSR count). The normalized spacial score (nSPS) is 11.0. The fourth-order valence-electron chi connectivity index (χ4n) is 3.65. The average Bonchev–Trinajstić information content (AvgIpc) is 3.10. The number of hydrogen-bond donors (Lipinski definition) is 1. The summed E-state index contributed by atoms with van der Waals surface area (Å²) < 4.78 is 12.6. The first kappa shape index (κ1) is 21.0. The molecule has 2 aromatic heterocycles. The van der Waals surface area contributed by atoms with Crippen molar-refractivity contribution in [2.24, 2.45) is 0 Å². The minimum atomic E-state index is 0.686. The Morgan fingerprint density at radius 2 is 1.81 bits per heavy atom. The predicted molar refractivity (Wildman–Crippen MR) is 125 cm³/mol. The minimum absolute atomic E-state index is 0.686. The van der Waals surface area contributed by atoms with Crippen molar-refractivity contribution in [1.29, 1.82) is 0 Å². The Labute approximate surface area is 186 Å². The minimum Gasteiger partial charge on any atom is -0.493 e. The van der Waals surface area contributed by atoms with Crippen LogP contribution in [0.15, 0.2) is 48.5 Å². The van der Waals surface area contributed by atoms with E-state index < -0.39 is 0 Å². The van der Waals surface area contributed by atoms with Crippen LogP contribution in [0.2, 0.25) is 5.02 Å². The zero-order valence-corrected chi connectivity index (χ0v) is 18.8. The molecule has 0 aliphatic rings. The zero-order valence-electron chi connectivity index (χ0n) is 18.1. The van der Waals surface area contributed by atoms with Gasteiger partial charge < -0.3 is 14.8 Å². The lowest BCUT2D eigenvalue weighted by atomic mass is 10.1. The summed E-state index contributed by atoms with van der Waals surface area (Å²) in [4.78, 5) is 4.71. The van der Waals surface area contributed by atoms with Crippen molar-refractivity contribution in [1.82, 2.24) is 14.6 Å². The van der Waals surface area contributed by atoms with Crippen LogP contribution in [0.5, 0.6) is 11.5 Å². The molecule has 0 spiro atoms. The number of anilines is 1. The van der Waals surface area contributed by atoms with Crippen molar-refractivity contribution in [3.05, 3.63) is 70.4 Å². The molecule has 0 fully saturated rings. The summed E-state index contributed by atoms with van der Waals surface area (Å²) in [5.74, 6) is 2.36. The topological polar surface area (TPSA) is 60.7 Å². The number of aromatic nitrogens is 3. The first-order valence-electron chi connectivity index (χ1n) is 10.1. The first-order valence-corrected chi connectivity index (χ1v) is 10.5. The monoisotopic (exact) mass is 436 g/mol. The highest BCUT2D eigenvalue weighted by atomic mass is 35.5. The zero-order chi connectivity index (χ0) is 22.0. The van der Waals surface area contributed by atoms with Gasteiger partial charge in [-0.2, -0.15) is 9.61 Å². The third-order valence-corrected chi connectivity index (χ3v) is 5.45. The second-order valence-electron chi connectivity index (χ2n) is 7.37. The van der Waals surface area contributed by atoms with Gasteiger partial charge in [-0.3, -0.25) is 0 Å². The van der Waals surface area contributed by atoms with E-state index in [-0.39, 0.29) is 0 Å². The number of ether oxygens (including phenoxy) is 2. The Balaban J connectivity index is 1.60. The molecule has 31 heavy (non-hydrogen) atoms. The van der Waals surface area contributed by atoms with Crippen LogP contribution in [0.3, 0.4) is 0 Å². The van der Waals surface area contributed by atoms with Crippen molar-refractivity contribution >= 4 is 23.1 Å². The van der Waals surface area contributed by atoms with E-state index >= 15 is 0 Å². The second-order valence-corrected chi connectivity index (χ2v) is 7.80. The molecule has 0 unspecified atom stereocenters. The molecule has 0 saturated carbocycles. The Kier molecular flexibility index (Phi) is 6.00. The molecule has 0 bridgehead atoms. The molecule has 0 saturated heterocycles. The number of nitrogens with one attached hydrogen (secondary N) is 1. The molecule has 0 amide bonds. The van der Waals surface area contributed by atoms with Crippen molar-refractivity contribution in [3.63, 3.8) is 0 Å². The lowest BCUT2D eigenvalue weighted by Gasteiger charge is -2.11. The van der Waals surface area contributed by atoms with E-state index in [4.69, 9.17) is 31.2 Å². The van der Waals surface area contributed by atoms with Crippen LogP contribution in [0.25, 0.3) is 16.9 Å². The Morgan fingerprint density at radius 1 is 1.00 bits per heavy atom. The summed E-state index contributed by atoms with van der Waals surface area (Å²) in [6, 6.07) is 15.7. The van der Waals surface area contributed by atoms with Crippen LogP contribution < -0.4 is 14.8 Å². The van der Waals surface area contributed by atoms with Crippen molar-refractivity contribution in [2.45, 2.75) is 20.3 Å². The number of fused-ring (bicyclic) bond motifs is 1. The smallest absolute Gasteiger partial charge is 0.161 e. The molecule has 0 aliphatic carbocycles. The predicted octanol–water partition coefficient (Wildman–Crippen LogP) is 5.34. The van der Waals surface area contributed by atoms with Gasteiger partial charge in [-0.15, -0.1) is 0 Å². The molecule has 6 nitrogen and oxygen atoms in total. The Hall–Kier alpha value is -3.25. The number of hydrogen-bond acceptors (Lipinski definition) is 5. The largest absolute Gasteiger partial charge is 0.493 e. The van der Waals surface area contributed by atoms with E-state index in [1.165, 1.54) is 0 Å². The molecule has 1 N–H and O–H groups in total. The maximum Gasteiger partial charge on any atom is 0.161 e. The summed E-state index contributed by atoms with van der Waals surface area (Å²) in [5, 5.41) is 9.03. The summed E-state index contributed by atoms with van der Waals surface area (Å²) in [6.07, 6.45) is 0.824. The number of methoxy groups -OCH3 is 2. The Morgan fingerprint density at radius 3 is 2.55 bits per heavy atom. The molecule has 2 aromatic carbocycles. The summed E-state index contributed by atoms with van der Waals surface area (Å²) in [7, 11) is 3.29. The Bertz CT molecular complexity index is 1240. The van der Waals surface area contributed by atoms with Crippen LogP contribution >= 0.6 is 11.6 Å². The third-order valence-electron chi connectivity index (χ3n) is 5.21. The van der Waals surface area contributed by atoms with Gasteiger partial charge in [0, 0.05) is 34.5 Å². The SMILES string of the molecule is COc1ccc(CCNc2cc(C)nc3c(C)c(-c4cccc(Cl)c4)nn23)cc1OC.